The molecule has 0 saturated carbocycles. The first-order valence-corrected chi connectivity index (χ1v) is 9.01. The number of methoxy groups -OCH3 is 1. The van der Waals surface area contributed by atoms with Gasteiger partial charge in [0, 0.05) is 6.54 Å². The van der Waals surface area contributed by atoms with Gasteiger partial charge in [-0.2, -0.15) is 0 Å². The van der Waals surface area contributed by atoms with Crippen LogP contribution in [0.5, 0.6) is 0 Å². The molecule has 1 aliphatic heterocycles. The standard InChI is InChI=1S/C21H22N2O5/c1-27-20(25)17-9-5-8-16(12-17)13-23-18(14-28-21(23)26)19(24)22-11-10-15-6-3-2-4-7-15/h2-9,12,18H,10-11,13-14H2,1H3,(H,22,24)/t18-/m0/s1. The van der Waals surface area contributed by atoms with Crippen molar-refractivity contribution >= 4 is 18.0 Å². The van der Waals surface area contributed by atoms with Crippen LogP contribution in [0.25, 0.3) is 0 Å². The summed E-state index contributed by atoms with van der Waals surface area (Å²) in [6, 6.07) is 15.9. The highest BCUT2D eigenvalue weighted by atomic mass is 16.6. The smallest absolute Gasteiger partial charge is 0.410 e. The van der Waals surface area contributed by atoms with Crippen LogP contribution >= 0.6 is 0 Å². The zero-order chi connectivity index (χ0) is 19.9. The van der Waals surface area contributed by atoms with E-state index >= 15 is 0 Å². The van der Waals surface area contributed by atoms with Crippen molar-refractivity contribution in [3.63, 3.8) is 0 Å². The van der Waals surface area contributed by atoms with E-state index in [1.54, 1.807) is 24.3 Å². The Morgan fingerprint density at radius 2 is 1.89 bits per heavy atom. The van der Waals surface area contributed by atoms with Crippen LogP contribution in [0.1, 0.15) is 21.5 Å². The Hall–Kier alpha value is -3.35. The lowest BCUT2D eigenvalue weighted by atomic mass is 10.1. The topological polar surface area (TPSA) is 84.9 Å². The summed E-state index contributed by atoms with van der Waals surface area (Å²) in [6.45, 7) is 0.645. The van der Waals surface area contributed by atoms with Gasteiger partial charge < -0.3 is 14.8 Å². The number of benzene rings is 2. The maximum Gasteiger partial charge on any atom is 0.410 e. The quantitative estimate of drug-likeness (QED) is 0.742. The number of nitrogens with zero attached hydrogens (tertiary/aromatic N) is 1. The highest BCUT2D eigenvalue weighted by molar-refractivity contribution is 5.90. The van der Waals surface area contributed by atoms with Gasteiger partial charge in [-0.25, -0.2) is 9.59 Å². The molecule has 0 unspecified atom stereocenters. The molecule has 146 valence electrons. The molecule has 0 spiro atoms. The number of carbonyl (C=O) groups is 3. The van der Waals surface area contributed by atoms with E-state index in [9.17, 15) is 14.4 Å². The van der Waals surface area contributed by atoms with Gasteiger partial charge in [-0.05, 0) is 29.7 Å². The molecule has 0 aliphatic carbocycles. The molecule has 0 aromatic heterocycles. The van der Waals surface area contributed by atoms with Crippen LogP contribution in [-0.2, 0) is 27.2 Å². The molecule has 7 nitrogen and oxygen atoms in total. The van der Waals surface area contributed by atoms with Crippen LogP contribution in [0.4, 0.5) is 4.79 Å². The van der Waals surface area contributed by atoms with Crippen LogP contribution in [0.2, 0.25) is 0 Å². The highest BCUT2D eigenvalue weighted by Crippen LogP contribution is 2.18. The number of nitrogens with one attached hydrogen (secondary N) is 1. The average molecular weight is 382 g/mol. The molecule has 1 saturated heterocycles. The van der Waals surface area contributed by atoms with Crippen molar-refractivity contribution in [3.05, 3.63) is 71.3 Å². The fourth-order valence-corrected chi connectivity index (χ4v) is 3.05. The molecule has 1 fully saturated rings. The van der Waals surface area contributed by atoms with E-state index < -0.39 is 18.1 Å². The third kappa shape index (κ3) is 4.68. The number of rotatable bonds is 7. The van der Waals surface area contributed by atoms with Gasteiger partial charge in [-0.1, -0.05) is 42.5 Å². The van der Waals surface area contributed by atoms with Crippen LogP contribution in [-0.4, -0.2) is 49.2 Å². The Balaban J connectivity index is 1.61. The molecular weight excluding hydrogens is 360 g/mol. The van der Waals surface area contributed by atoms with Crippen LogP contribution < -0.4 is 5.32 Å². The van der Waals surface area contributed by atoms with Crippen molar-refractivity contribution in [3.8, 4) is 0 Å². The molecule has 2 amide bonds. The largest absolute Gasteiger partial charge is 0.465 e. The van der Waals surface area contributed by atoms with E-state index in [1.807, 2.05) is 30.3 Å². The fraction of sp³-hybridized carbons (Fsp3) is 0.286. The van der Waals surface area contributed by atoms with E-state index in [2.05, 4.69) is 5.32 Å². The zero-order valence-electron chi connectivity index (χ0n) is 15.6. The molecule has 7 heteroatoms. The Morgan fingerprint density at radius 1 is 1.14 bits per heavy atom. The average Bonchev–Trinajstić information content (AvgIpc) is 3.08. The van der Waals surface area contributed by atoms with Crippen molar-refractivity contribution in [2.45, 2.75) is 19.0 Å². The number of ether oxygens (including phenoxy) is 2. The van der Waals surface area contributed by atoms with Gasteiger partial charge in [0.15, 0.2) is 0 Å². The Kier molecular flexibility index (Phi) is 6.26. The Morgan fingerprint density at radius 3 is 2.64 bits per heavy atom. The van der Waals surface area contributed by atoms with Crippen molar-refractivity contribution < 1.29 is 23.9 Å². The van der Waals surface area contributed by atoms with Gasteiger partial charge in [0.1, 0.15) is 12.6 Å². The number of hydrogen-bond donors (Lipinski definition) is 1. The summed E-state index contributed by atoms with van der Waals surface area (Å²) in [6.07, 6.45) is 0.154. The summed E-state index contributed by atoms with van der Waals surface area (Å²) in [7, 11) is 1.31. The molecule has 2 aromatic carbocycles. The monoisotopic (exact) mass is 382 g/mol. The highest BCUT2D eigenvalue weighted by Gasteiger charge is 2.37. The van der Waals surface area contributed by atoms with Gasteiger partial charge in [-0.15, -0.1) is 0 Å². The lowest BCUT2D eigenvalue weighted by Crippen LogP contribution is -2.45. The number of cyclic esters (lactones) is 1. The van der Waals surface area contributed by atoms with Crippen molar-refractivity contribution in [2.24, 2.45) is 0 Å². The Bertz CT molecular complexity index is 853. The van der Waals surface area contributed by atoms with Crippen molar-refractivity contribution in [2.75, 3.05) is 20.3 Å². The molecule has 0 bridgehead atoms. The summed E-state index contributed by atoms with van der Waals surface area (Å²) in [4.78, 5) is 37.7. The van der Waals surface area contributed by atoms with Gasteiger partial charge >= 0.3 is 12.1 Å². The third-order valence-corrected chi connectivity index (χ3v) is 4.53. The second-order valence-corrected chi connectivity index (χ2v) is 6.44. The van der Waals surface area contributed by atoms with Gasteiger partial charge in [0.05, 0.1) is 19.2 Å². The summed E-state index contributed by atoms with van der Waals surface area (Å²) >= 11 is 0. The summed E-state index contributed by atoms with van der Waals surface area (Å²) < 4.78 is 9.78. The fourth-order valence-electron chi connectivity index (χ4n) is 3.05. The Labute approximate surface area is 163 Å². The molecule has 1 aliphatic rings. The summed E-state index contributed by atoms with van der Waals surface area (Å²) in [5.74, 6) is -0.716. The van der Waals surface area contributed by atoms with E-state index in [4.69, 9.17) is 9.47 Å². The second-order valence-electron chi connectivity index (χ2n) is 6.44. The zero-order valence-corrected chi connectivity index (χ0v) is 15.6. The van der Waals surface area contributed by atoms with Crippen LogP contribution in [0.3, 0.4) is 0 Å². The van der Waals surface area contributed by atoms with E-state index in [-0.39, 0.29) is 19.1 Å². The summed E-state index contributed by atoms with van der Waals surface area (Å²) in [5, 5.41) is 2.86. The second kappa shape index (κ2) is 9.03. The van der Waals surface area contributed by atoms with Gasteiger partial charge in [0.2, 0.25) is 5.91 Å². The lowest BCUT2D eigenvalue weighted by molar-refractivity contribution is -0.124. The molecule has 28 heavy (non-hydrogen) atoms. The van der Waals surface area contributed by atoms with Crippen molar-refractivity contribution in [1.29, 1.82) is 0 Å². The number of carbonyl (C=O) groups excluding carboxylic acids is 3. The maximum absolute atomic E-state index is 12.5. The normalized spacial score (nSPS) is 15.8. The minimum absolute atomic E-state index is 0.00664. The van der Waals surface area contributed by atoms with Crippen LogP contribution in [0, 0.1) is 0 Å². The predicted octanol–water partition coefficient (Wildman–Crippen LogP) is 2.15. The van der Waals surface area contributed by atoms with E-state index in [0.29, 0.717) is 24.1 Å². The van der Waals surface area contributed by atoms with E-state index in [1.165, 1.54) is 12.0 Å². The van der Waals surface area contributed by atoms with Gasteiger partial charge in [-0.3, -0.25) is 9.69 Å². The predicted molar refractivity (Wildman–Crippen MR) is 102 cm³/mol. The maximum atomic E-state index is 12.5. The minimum Gasteiger partial charge on any atom is -0.465 e. The summed E-state index contributed by atoms with van der Waals surface area (Å²) in [5.41, 5.74) is 2.22. The molecular formula is C21H22N2O5. The SMILES string of the molecule is COC(=O)c1cccc(CN2C(=O)OC[C@H]2C(=O)NCCc2ccccc2)c1. The van der Waals surface area contributed by atoms with Crippen molar-refractivity contribution in [1.82, 2.24) is 10.2 Å². The number of esters is 1. The third-order valence-electron chi connectivity index (χ3n) is 4.53. The molecule has 1 atom stereocenters. The molecule has 3 rings (SSSR count). The molecule has 1 N–H and O–H groups in total. The number of hydrogen-bond acceptors (Lipinski definition) is 5. The first kappa shape index (κ1) is 19.4. The minimum atomic E-state index is -0.704. The van der Waals surface area contributed by atoms with E-state index in [0.717, 1.165) is 5.56 Å². The lowest BCUT2D eigenvalue weighted by Gasteiger charge is -2.21. The first-order valence-electron chi connectivity index (χ1n) is 9.01. The molecule has 0 radical (unpaired) electrons. The van der Waals surface area contributed by atoms with Gasteiger partial charge in [0.25, 0.3) is 0 Å². The molecule has 2 aromatic rings. The number of amides is 2. The van der Waals surface area contributed by atoms with Crippen LogP contribution in [0.15, 0.2) is 54.6 Å². The molecule has 1 heterocycles. The first-order chi connectivity index (χ1) is 13.6.